The van der Waals surface area contributed by atoms with E-state index in [1.54, 1.807) is 24.3 Å². The van der Waals surface area contributed by atoms with Crippen molar-refractivity contribution in [3.05, 3.63) is 165 Å². The van der Waals surface area contributed by atoms with Gasteiger partial charge in [-0.15, -0.1) is 0 Å². The Labute approximate surface area is 310 Å². The molecule has 19 nitrogen and oxygen atoms in total. The Hall–Kier alpha value is -8.61. The Bertz CT molecular complexity index is 3000. The lowest BCUT2D eigenvalue weighted by Crippen LogP contribution is -1.98. The van der Waals surface area contributed by atoms with E-state index in [-0.39, 0.29) is 50.6 Å². The summed E-state index contributed by atoms with van der Waals surface area (Å²) < 4.78 is 0. The summed E-state index contributed by atoms with van der Waals surface area (Å²) in [6.07, 6.45) is 1.16. The van der Waals surface area contributed by atoms with Gasteiger partial charge in [0.25, 0.3) is 28.4 Å². The van der Waals surface area contributed by atoms with Gasteiger partial charge in [-0.2, -0.15) is 0 Å². The summed E-state index contributed by atoms with van der Waals surface area (Å²) in [4.78, 5) is 71.2. The Balaban J connectivity index is 1.59. The van der Waals surface area contributed by atoms with Gasteiger partial charge in [-0.05, 0) is 77.4 Å². The highest BCUT2D eigenvalue weighted by Crippen LogP contribution is 2.40. The van der Waals surface area contributed by atoms with Crippen LogP contribution in [-0.2, 0) is 0 Å². The molecule has 0 amide bonds. The fraction of sp³-hybridized carbons (Fsp3) is 0. The Kier molecular flexibility index (Phi) is 8.07. The Morgan fingerprint density at radius 3 is 1.27 bits per heavy atom. The molecule has 274 valence electrons. The quantitative estimate of drug-likeness (QED) is 0.0973. The first-order valence-electron chi connectivity index (χ1n) is 16.3. The highest BCUT2D eigenvalue weighted by molar-refractivity contribution is 6.03. The number of rotatable bonds is 8. The smallest absolute Gasteiger partial charge is 0.297 e. The third-order valence-electron chi connectivity index (χ3n) is 9.25. The highest BCUT2D eigenvalue weighted by atomic mass is 16.6. The van der Waals surface area contributed by atoms with Crippen LogP contribution in [0.4, 0.5) is 22.7 Å². The number of hydrogen-bond donors (Lipinski definition) is 3. The van der Waals surface area contributed by atoms with Crippen LogP contribution in [0.5, 0.6) is 0 Å². The molecule has 0 saturated carbocycles. The van der Waals surface area contributed by atoms with E-state index < -0.39 is 36.0 Å². The van der Waals surface area contributed by atoms with Gasteiger partial charge in [0.15, 0.2) is 5.69 Å². The van der Waals surface area contributed by atoms with Crippen LogP contribution in [0.15, 0.2) is 103 Å². The van der Waals surface area contributed by atoms with Crippen LogP contribution in [0, 0.1) is 50.6 Å². The molecule has 3 N–H and O–H groups in total. The number of aromatic nitrogens is 4. The summed E-state index contributed by atoms with van der Waals surface area (Å²) in [5.41, 5.74) is 1.75. The molecule has 7 aromatic rings. The number of nitro groups is 5. The fourth-order valence-electron chi connectivity index (χ4n) is 6.72. The third kappa shape index (κ3) is 5.87. The largest absolute Gasteiger partial charge is 0.354 e. The van der Waals surface area contributed by atoms with E-state index in [9.17, 15) is 50.6 Å². The zero-order valence-electron chi connectivity index (χ0n) is 28.2. The molecule has 0 atom stereocenters. The van der Waals surface area contributed by atoms with Gasteiger partial charge in [0.2, 0.25) is 0 Å². The maximum atomic E-state index is 12.7. The Morgan fingerprint density at radius 2 is 0.839 bits per heavy atom. The van der Waals surface area contributed by atoms with Crippen molar-refractivity contribution < 1.29 is 24.6 Å². The first-order chi connectivity index (χ1) is 26.9. The highest BCUT2D eigenvalue weighted by Gasteiger charge is 2.29. The lowest BCUT2D eigenvalue weighted by atomic mass is 10.0. The summed E-state index contributed by atoms with van der Waals surface area (Å²) in [5.74, 6) is 0. The zero-order chi connectivity index (χ0) is 39.4. The minimum absolute atomic E-state index is 0.0320. The van der Waals surface area contributed by atoms with E-state index in [4.69, 9.17) is 0 Å². The van der Waals surface area contributed by atoms with Crippen LogP contribution < -0.4 is 0 Å². The van der Waals surface area contributed by atoms with E-state index in [2.05, 4.69) is 19.9 Å². The SMILES string of the molecule is O=[N+]([O-])C1=Cc2nc1c(-c1ccc([N+](=O)[O-])cc1)c1ccc([nH]1)c(-c1ccc([N+](=O)[O-])cc1)c1ccc([nH]1)c(-c1ccc([N+](=O)[O-])cc1)c1[nH]c2cc1[N+](=O)[O-]. The van der Waals surface area contributed by atoms with Crippen molar-refractivity contribution in [3.63, 3.8) is 0 Å². The van der Waals surface area contributed by atoms with Crippen LogP contribution in [0.25, 0.3) is 78.3 Å². The lowest BCUT2D eigenvalue weighted by molar-refractivity contribution is -0.385. The Morgan fingerprint density at radius 1 is 0.429 bits per heavy atom. The van der Waals surface area contributed by atoms with Crippen LogP contribution in [0.3, 0.4) is 0 Å². The topological polar surface area (TPSA) is 276 Å². The molecule has 0 aliphatic carbocycles. The van der Waals surface area contributed by atoms with Crippen molar-refractivity contribution in [2.45, 2.75) is 0 Å². The van der Waals surface area contributed by atoms with Crippen LogP contribution in [0.2, 0.25) is 0 Å². The maximum absolute atomic E-state index is 12.7. The minimum Gasteiger partial charge on any atom is -0.354 e. The number of nitro benzene ring substituents is 3. The number of H-pyrrole nitrogens is 3. The van der Waals surface area contributed by atoms with Crippen LogP contribution >= 0.6 is 0 Å². The van der Waals surface area contributed by atoms with E-state index >= 15 is 0 Å². The summed E-state index contributed by atoms with van der Waals surface area (Å²) in [7, 11) is 0. The second-order valence-corrected chi connectivity index (χ2v) is 12.4. The monoisotopic (exact) mass is 751 g/mol. The second kappa shape index (κ2) is 13.1. The lowest BCUT2D eigenvalue weighted by Gasteiger charge is -2.06. The molecule has 56 heavy (non-hydrogen) atoms. The molecule has 0 spiro atoms. The standard InChI is InChI=1S/C37H21N9O10/c47-42(48)22-7-1-19(2-8-22)33-25-13-15-27(38-25)34(20-3-9-23(10-4-20)43(49)50)36-31(45(53)54)17-29(40-36)30-18-32(46(55)56)37(41-30)35(28-16-14-26(33)39-28)21-5-11-24(12-6-21)44(51)52/h1-18,38-40H. The first-order valence-corrected chi connectivity index (χ1v) is 16.3. The van der Waals surface area contributed by atoms with Gasteiger partial charge in [-0.25, -0.2) is 4.98 Å². The zero-order valence-corrected chi connectivity index (χ0v) is 28.2. The van der Waals surface area contributed by atoms with Crippen molar-refractivity contribution >= 4 is 67.6 Å². The van der Waals surface area contributed by atoms with E-state index in [0.717, 1.165) is 6.08 Å². The molecule has 5 heterocycles. The molecule has 3 aromatic carbocycles. The van der Waals surface area contributed by atoms with Gasteiger partial charge < -0.3 is 15.0 Å². The van der Waals surface area contributed by atoms with Crippen molar-refractivity contribution in [3.8, 4) is 33.4 Å². The van der Waals surface area contributed by atoms with Gasteiger partial charge in [0.05, 0.1) is 35.8 Å². The summed E-state index contributed by atoms with van der Waals surface area (Å²) in [6.45, 7) is 0. The average molecular weight is 752 g/mol. The maximum Gasteiger partial charge on any atom is 0.297 e. The summed E-state index contributed by atoms with van der Waals surface area (Å²) in [5, 5.41) is 59.9. The van der Waals surface area contributed by atoms with Gasteiger partial charge >= 0.3 is 0 Å². The van der Waals surface area contributed by atoms with Gasteiger partial charge in [-0.1, -0.05) is 0 Å². The average Bonchev–Trinajstić information content (AvgIpc) is 4.00. The normalized spacial score (nSPS) is 11.7. The van der Waals surface area contributed by atoms with Gasteiger partial charge in [0, 0.05) is 87.3 Å². The van der Waals surface area contributed by atoms with E-state index in [0.29, 0.717) is 44.3 Å². The molecule has 8 rings (SSSR count). The molecule has 4 aromatic heterocycles. The molecule has 1 aliphatic rings. The molecular weight excluding hydrogens is 730 g/mol. The number of fused-ring (bicyclic) bond motifs is 9. The molecule has 0 radical (unpaired) electrons. The molecule has 8 bridgehead atoms. The van der Waals surface area contributed by atoms with Gasteiger partial charge in [0.1, 0.15) is 5.52 Å². The van der Waals surface area contributed by atoms with Gasteiger partial charge in [-0.3, -0.25) is 50.6 Å². The fourth-order valence-corrected chi connectivity index (χ4v) is 6.72. The molecule has 19 heteroatoms. The predicted octanol–water partition coefficient (Wildman–Crippen LogP) is 8.93. The van der Waals surface area contributed by atoms with Crippen molar-refractivity contribution in [1.82, 2.24) is 19.9 Å². The summed E-state index contributed by atoms with van der Waals surface area (Å²) >= 11 is 0. The molecular formula is C37H21N9O10. The minimum atomic E-state index is -0.662. The van der Waals surface area contributed by atoms with E-state index in [1.807, 2.05) is 0 Å². The predicted molar refractivity (Wildman–Crippen MR) is 204 cm³/mol. The van der Waals surface area contributed by atoms with Crippen molar-refractivity contribution in [2.75, 3.05) is 0 Å². The number of benzene rings is 3. The summed E-state index contributed by atoms with van der Waals surface area (Å²) in [6, 6.07) is 24.2. The number of aromatic amines is 3. The van der Waals surface area contributed by atoms with Crippen molar-refractivity contribution in [2.24, 2.45) is 0 Å². The second-order valence-electron chi connectivity index (χ2n) is 12.4. The molecule has 0 saturated heterocycles. The molecule has 0 unspecified atom stereocenters. The number of nitrogens with one attached hydrogen (secondary N) is 3. The number of non-ortho nitro benzene ring substituents is 3. The third-order valence-corrected chi connectivity index (χ3v) is 9.25. The number of hydrogen-bond acceptors (Lipinski definition) is 11. The van der Waals surface area contributed by atoms with E-state index in [1.165, 1.54) is 78.9 Å². The molecule has 1 aliphatic heterocycles. The van der Waals surface area contributed by atoms with Crippen molar-refractivity contribution in [1.29, 1.82) is 0 Å². The molecule has 0 fully saturated rings. The number of nitrogens with zero attached hydrogens (tertiary/aromatic N) is 6. The van der Waals surface area contributed by atoms with Crippen LogP contribution in [-0.4, -0.2) is 44.6 Å². The van der Waals surface area contributed by atoms with Crippen LogP contribution in [0.1, 0.15) is 11.4 Å². The first kappa shape index (κ1) is 34.5.